The summed E-state index contributed by atoms with van der Waals surface area (Å²) in [5, 5.41) is 11.8. The number of aromatic nitrogens is 2. The van der Waals surface area contributed by atoms with Crippen LogP contribution in [-0.4, -0.2) is 27.4 Å². The van der Waals surface area contributed by atoms with E-state index in [4.69, 9.17) is 4.42 Å². The first-order valence-electron chi connectivity index (χ1n) is 10.4. The van der Waals surface area contributed by atoms with Crippen molar-refractivity contribution in [2.75, 3.05) is 0 Å². The van der Waals surface area contributed by atoms with Crippen LogP contribution in [0.1, 0.15) is 63.3 Å². The molecule has 2 aliphatic carbocycles. The third-order valence-electron chi connectivity index (χ3n) is 6.03. The maximum Gasteiger partial charge on any atom is 0.277 e. The van der Waals surface area contributed by atoms with Gasteiger partial charge in [0.05, 0.1) is 10.1 Å². The van der Waals surface area contributed by atoms with Gasteiger partial charge in [0.2, 0.25) is 5.91 Å². The summed E-state index contributed by atoms with van der Waals surface area (Å²) >= 11 is 3.11. The fourth-order valence-corrected chi connectivity index (χ4v) is 6.03. The normalized spacial score (nSPS) is 25.9. The lowest BCUT2D eigenvalue weighted by Crippen LogP contribution is -2.44. The van der Waals surface area contributed by atoms with Gasteiger partial charge in [0, 0.05) is 10.9 Å². The van der Waals surface area contributed by atoms with Crippen LogP contribution in [0.4, 0.5) is 0 Å². The van der Waals surface area contributed by atoms with Gasteiger partial charge in [-0.05, 0) is 62.5 Å². The molecule has 0 spiro atoms. The van der Waals surface area contributed by atoms with E-state index in [2.05, 4.69) is 35.4 Å². The Morgan fingerprint density at radius 1 is 1.29 bits per heavy atom. The van der Waals surface area contributed by atoms with E-state index in [1.807, 2.05) is 6.92 Å². The van der Waals surface area contributed by atoms with Crippen molar-refractivity contribution in [1.82, 2.24) is 15.5 Å². The molecule has 1 saturated carbocycles. The predicted molar refractivity (Wildman–Crippen MR) is 114 cm³/mol. The van der Waals surface area contributed by atoms with E-state index in [0.29, 0.717) is 23.1 Å². The van der Waals surface area contributed by atoms with Crippen molar-refractivity contribution >= 4 is 29.0 Å². The first-order chi connectivity index (χ1) is 13.5. The first-order valence-corrected chi connectivity index (χ1v) is 12.1. The number of thioether (sulfide) groups is 1. The van der Waals surface area contributed by atoms with Crippen molar-refractivity contribution in [3.05, 3.63) is 16.5 Å². The maximum atomic E-state index is 12.6. The molecule has 2 aromatic heterocycles. The molecule has 28 heavy (non-hydrogen) atoms. The Bertz CT molecular complexity index is 831. The van der Waals surface area contributed by atoms with Crippen LogP contribution >= 0.6 is 23.1 Å². The fraction of sp³-hybridized carbons (Fsp3) is 0.667. The number of carbonyl (C=O) groups is 1. The Kier molecular flexibility index (Phi) is 6.11. The third-order valence-corrected chi connectivity index (χ3v) is 8.19. The molecule has 0 unspecified atom stereocenters. The van der Waals surface area contributed by atoms with Crippen LogP contribution in [-0.2, 0) is 17.6 Å². The molecule has 4 atom stereocenters. The number of amides is 1. The summed E-state index contributed by atoms with van der Waals surface area (Å²) in [5.41, 5.74) is 1.43. The highest BCUT2D eigenvalue weighted by molar-refractivity contribution is 8.00. The van der Waals surface area contributed by atoms with E-state index in [1.165, 1.54) is 47.9 Å². The van der Waals surface area contributed by atoms with Gasteiger partial charge in [-0.15, -0.1) is 21.5 Å². The van der Waals surface area contributed by atoms with Crippen LogP contribution in [0.15, 0.2) is 15.7 Å². The zero-order chi connectivity index (χ0) is 19.7. The summed E-state index contributed by atoms with van der Waals surface area (Å²) in [4.78, 5) is 15.1. The second-order valence-electron chi connectivity index (χ2n) is 8.42. The Morgan fingerprint density at radius 3 is 2.93 bits per heavy atom. The molecule has 0 aromatic carbocycles. The lowest BCUT2D eigenvalue weighted by molar-refractivity contribution is -0.121. The minimum absolute atomic E-state index is 0.0593. The highest BCUT2D eigenvalue weighted by Gasteiger charge is 2.26. The van der Waals surface area contributed by atoms with E-state index in [-0.39, 0.29) is 11.2 Å². The number of nitrogens with zero attached hydrogens (tertiary/aromatic N) is 2. The van der Waals surface area contributed by atoms with Crippen LogP contribution in [0.3, 0.4) is 0 Å². The second kappa shape index (κ2) is 8.57. The van der Waals surface area contributed by atoms with Crippen molar-refractivity contribution in [3.63, 3.8) is 0 Å². The van der Waals surface area contributed by atoms with Gasteiger partial charge in [-0.2, -0.15) is 0 Å². The lowest BCUT2D eigenvalue weighted by Gasteiger charge is -2.30. The van der Waals surface area contributed by atoms with Crippen molar-refractivity contribution in [2.45, 2.75) is 82.2 Å². The van der Waals surface area contributed by atoms with Gasteiger partial charge < -0.3 is 9.73 Å². The van der Waals surface area contributed by atoms with E-state index in [9.17, 15) is 4.79 Å². The molecule has 2 aromatic rings. The van der Waals surface area contributed by atoms with Crippen molar-refractivity contribution in [2.24, 2.45) is 11.8 Å². The zero-order valence-corrected chi connectivity index (χ0v) is 18.5. The van der Waals surface area contributed by atoms with Crippen LogP contribution < -0.4 is 5.32 Å². The average molecular weight is 420 g/mol. The molecule has 0 radical (unpaired) electrons. The smallest absolute Gasteiger partial charge is 0.277 e. The zero-order valence-electron chi connectivity index (χ0n) is 16.9. The second-order valence-corrected chi connectivity index (χ2v) is 10.8. The SMILES string of the molecule is C[C@H]1CCc2sc(-c3nnc(S[C@@H](C)C(=O)N[C@@H]4CCCC[C@@H]4C)o3)cc2C1. The molecule has 4 rings (SSSR count). The molecule has 5 nitrogen and oxygen atoms in total. The monoisotopic (exact) mass is 419 g/mol. The molecule has 1 amide bonds. The molecule has 0 bridgehead atoms. The number of fused-ring (bicyclic) bond motifs is 1. The standard InChI is InChI=1S/C21H29N3O2S2/c1-12-8-9-17-15(10-12)11-18(28-17)20-23-24-21(26-20)27-14(3)19(25)22-16-7-5-4-6-13(16)2/h11-14,16H,4-10H2,1-3H3,(H,22,25)/t12-,13-,14-,16+/m0/s1. The van der Waals surface area contributed by atoms with Crippen LogP contribution in [0, 0.1) is 11.8 Å². The summed E-state index contributed by atoms with van der Waals surface area (Å²) in [6.45, 7) is 6.44. The number of rotatable bonds is 5. The Labute approximate surface area is 175 Å². The average Bonchev–Trinajstić information content (AvgIpc) is 3.29. The molecular formula is C21H29N3O2S2. The van der Waals surface area contributed by atoms with Gasteiger partial charge in [-0.3, -0.25) is 4.79 Å². The highest BCUT2D eigenvalue weighted by atomic mass is 32.2. The summed E-state index contributed by atoms with van der Waals surface area (Å²) in [6.07, 6.45) is 8.29. The minimum Gasteiger partial charge on any atom is -0.410 e. The Morgan fingerprint density at radius 2 is 2.11 bits per heavy atom. The van der Waals surface area contributed by atoms with Gasteiger partial charge in [0.25, 0.3) is 11.1 Å². The largest absolute Gasteiger partial charge is 0.410 e. The summed E-state index contributed by atoms with van der Waals surface area (Å²) in [6, 6.07) is 2.50. The van der Waals surface area contributed by atoms with Crippen LogP contribution in [0.5, 0.6) is 0 Å². The summed E-state index contributed by atoms with van der Waals surface area (Å²) in [5.74, 6) is 1.93. The molecule has 0 aliphatic heterocycles. The van der Waals surface area contributed by atoms with E-state index >= 15 is 0 Å². The Hall–Kier alpha value is -1.34. The van der Waals surface area contributed by atoms with Gasteiger partial charge in [0.1, 0.15) is 0 Å². The number of carbonyl (C=O) groups excluding carboxylic acids is 1. The number of hydrogen-bond donors (Lipinski definition) is 1. The van der Waals surface area contributed by atoms with Gasteiger partial charge >= 0.3 is 0 Å². The van der Waals surface area contributed by atoms with Crippen LogP contribution in [0.2, 0.25) is 0 Å². The van der Waals surface area contributed by atoms with Crippen LogP contribution in [0.25, 0.3) is 10.8 Å². The molecule has 2 heterocycles. The van der Waals surface area contributed by atoms with Gasteiger partial charge in [-0.1, -0.05) is 38.5 Å². The quantitative estimate of drug-likeness (QED) is 0.683. The van der Waals surface area contributed by atoms with Gasteiger partial charge in [-0.25, -0.2) is 0 Å². The third kappa shape index (κ3) is 4.46. The van der Waals surface area contributed by atoms with E-state index in [1.54, 1.807) is 11.3 Å². The number of aryl methyl sites for hydroxylation is 1. The molecule has 1 fully saturated rings. The molecule has 7 heteroatoms. The van der Waals surface area contributed by atoms with Gasteiger partial charge in [0.15, 0.2) is 0 Å². The van der Waals surface area contributed by atoms with E-state index in [0.717, 1.165) is 30.1 Å². The number of hydrogen-bond acceptors (Lipinski definition) is 6. The first kappa shape index (κ1) is 20.0. The predicted octanol–water partition coefficient (Wildman–Crippen LogP) is 5.10. The molecule has 0 saturated heterocycles. The van der Waals surface area contributed by atoms with Crippen molar-refractivity contribution in [3.8, 4) is 10.8 Å². The minimum atomic E-state index is -0.250. The molecule has 2 aliphatic rings. The Balaban J connectivity index is 1.37. The van der Waals surface area contributed by atoms with E-state index < -0.39 is 0 Å². The molecule has 1 N–H and O–H groups in total. The molecular weight excluding hydrogens is 390 g/mol. The van der Waals surface area contributed by atoms with Crippen molar-refractivity contribution in [1.29, 1.82) is 0 Å². The summed E-state index contributed by atoms with van der Waals surface area (Å²) < 4.78 is 5.88. The number of nitrogens with one attached hydrogen (secondary N) is 1. The molecule has 152 valence electrons. The maximum absolute atomic E-state index is 12.6. The number of thiophene rings is 1. The topological polar surface area (TPSA) is 68.0 Å². The fourth-order valence-electron chi connectivity index (χ4n) is 4.20. The van der Waals surface area contributed by atoms with Crippen molar-refractivity contribution < 1.29 is 9.21 Å². The summed E-state index contributed by atoms with van der Waals surface area (Å²) in [7, 11) is 0. The highest BCUT2D eigenvalue weighted by Crippen LogP contribution is 2.37. The lowest BCUT2D eigenvalue weighted by atomic mass is 9.86.